The second-order valence-electron chi connectivity index (χ2n) is 4.42. The van der Waals surface area contributed by atoms with Gasteiger partial charge in [0.1, 0.15) is 0 Å². The Bertz CT molecular complexity index is 427. The van der Waals surface area contributed by atoms with Crippen LogP contribution in [0.25, 0.3) is 0 Å². The van der Waals surface area contributed by atoms with E-state index in [4.69, 9.17) is 10.5 Å². The third-order valence-corrected chi connectivity index (χ3v) is 3.26. The Labute approximate surface area is 124 Å². The van der Waals surface area contributed by atoms with E-state index in [0.717, 1.165) is 12.5 Å². The lowest BCUT2D eigenvalue weighted by molar-refractivity contribution is -0.137. The second kappa shape index (κ2) is 7.85. The van der Waals surface area contributed by atoms with Gasteiger partial charge in [0.25, 0.3) is 0 Å². The number of nitrogens with two attached hydrogens (primary N) is 1. The molecule has 0 heterocycles. The number of halogens is 4. The normalized spacial score (nSPS) is 13.3. The van der Waals surface area contributed by atoms with Crippen molar-refractivity contribution in [1.29, 1.82) is 0 Å². The largest absolute Gasteiger partial charge is 0.418 e. The highest BCUT2D eigenvalue weighted by Gasteiger charge is 2.34. The predicted octanol–water partition coefficient (Wildman–Crippen LogP) is 3.63. The number of anilines is 1. The van der Waals surface area contributed by atoms with Gasteiger partial charge in [-0.2, -0.15) is 13.2 Å². The van der Waals surface area contributed by atoms with Gasteiger partial charge < -0.3 is 15.8 Å². The van der Waals surface area contributed by atoms with Crippen molar-refractivity contribution in [2.45, 2.75) is 25.1 Å². The Hall–Kier alpha value is -0.790. The lowest BCUT2D eigenvalue weighted by Crippen LogP contribution is -2.27. The Morgan fingerprint density at radius 2 is 2.10 bits per heavy atom. The van der Waals surface area contributed by atoms with Gasteiger partial charge in [-0.3, -0.25) is 0 Å². The quantitative estimate of drug-likeness (QED) is 0.785. The average molecular weight is 355 g/mol. The summed E-state index contributed by atoms with van der Waals surface area (Å²) in [4.78, 5) is 0. The van der Waals surface area contributed by atoms with Gasteiger partial charge in [-0.15, -0.1) is 0 Å². The fraction of sp³-hybridized carbons (Fsp3) is 0.538. The van der Waals surface area contributed by atoms with E-state index in [-0.39, 0.29) is 11.7 Å². The van der Waals surface area contributed by atoms with Gasteiger partial charge in [0.05, 0.1) is 12.2 Å². The first-order chi connectivity index (χ1) is 9.38. The van der Waals surface area contributed by atoms with Crippen molar-refractivity contribution in [1.82, 2.24) is 0 Å². The maximum absolute atomic E-state index is 13.0. The van der Waals surface area contributed by atoms with E-state index in [9.17, 15) is 13.2 Å². The predicted molar refractivity (Wildman–Crippen MR) is 76.7 cm³/mol. The molecule has 1 aromatic carbocycles. The first-order valence-corrected chi connectivity index (χ1v) is 7.00. The van der Waals surface area contributed by atoms with Crippen LogP contribution in [0.4, 0.5) is 18.9 Å². The highest BCUT2D eigenvalue weighted by Crippen LogP contribution is 2.37. The van der Waals surface area contributed by atoms with Crippen LogP contribution in [0, 0.1) is 0 Å². The molecule has 7 heteroatoms. The van der Waals surface area contributed by atoms with E-state index in [2.05, 4.69) is 21.2 Å². The molecule has 0 aliphatic heterocycles. The van der Waals surface area contributed by atoms with Gasteiger partial charge in [-0.1, -0.05) is 15.9 Å². The fourth-order valence-corrected chi connectivity index (χ4v) is 2.22. The monoisotopic (exact) mass is 354 g/mol. The van der Waals surface area contributed by atoms with Crippen molar-refractivity contribution in [3.63, 3.8) is 0 Å². The van der Waals surface area contributed by atoms with Gasteiger partial charge in [-0.05, 0) is 37.6 Å². The van der Waals surface area contributed by atoms with Crippen LogP contribution in [-0.4, -0.2) is 26.3 Å². The van der Waals surface area contributed by atoms with Gasteiger partial charge in [0, 0.05) is 23.3 Å². The van der Waals surface area contributed by atoms with Gasteiger partial charge in [0.2, 0.25) is 0 Å². The van der Waals surface area contributed by atoms with Crippen molar-refractivity contribution in [3.05, 3.63) is 28.2 Å². The summed E-state index contributed by atoms with van der Waals surface area (Å²) in [6.45, 7) is 0.821. The smallest absolute Gasteiger partial charge is 0.383 e. The van der Waals surface area contributed by atoms with Crippen LogP contribution in [0.2, 0.25) is 0 Å². The van der Waals surface area contributed by atoms with Crippen molar-refractivity contribution >= 4 is 21.6 Å². The molecule has 3 N–H and O–H groups in total. The molecular formula is C13H18BrF3N2O. The molecule has 0 saturated heterocycles. The van der Waals surface area contributed by atoms with Crippen LogP contribution in [0.3, 0.4) is 0 Å². The molecule has 1 aromatic rings. The Balaban J connectivity index is 2.93. The lowest BCUT2D eigenvalue weighted by Gasteiger charge is -2.22. The highest BCUT2D eigenvalue weighted by molar-refractivity contribution is 9.10. The minimum absolute atomic E-state index is 0.0553. The molecule has 20 heavy (non-hydrogen) atoms. The third kappa shape index (κ3) is 5.30. The van der Waals surface area contributed by atoms with Crippen LogP contribution < -0.4 is 11.1 Å². The summed E-state index contributed by atoms with van der Waals surface area (Å²) in [5.74, 6) is 0. The third-order valence-electron chi connectivity index (χ3n) is 2.77. The van der Waals surface area contributed by atoms with Crippen molar-refractivity contribution in [3.8, 4) is 0 Å². The van der Waals surface area contributed by atoms with Gasteiger partial charge in [-0.25, -0.2) is 0 Å². The second-order valence-corrected chi connectivity index (χ2v) is 5.33. The van der Waals surface area contributed by atoms with Gasteiger partial charge in [0.15, 0.2) is 0 Å². The maximum Gasteiger partial charge on any atom is 0.418 e. The molecule has 0 aromatic heterocycles. The Morgan fingerprint density at radius 1 is 1.40 bits per heavy atom. The van der Waals surface area contributed by atoms with Crippen LogP contribution in [0.15, 0.2) is 22.7 Å². The first kappa shape index (κ1) is 17.3. The van der Waals surface area contributed by atoms with E-state index in [0.29, 0.717) is 24.0 Å². The van der Waals surface area contributed by atoms with E-state index in [1.807, 2.05) is 0 Å². The van der Waals surface area contributed by atoms with Crippen molar-refractivity contribution in [2.75, 3.05) is 25.6 Å². The standard InChI is InChI=1S/C13H18BrF3N2O/c1-20-8-10(3-2-6-18)19-12-5-4-9(14)7-11(12)13(15,16)17/h4-5,7,10,19H,2-3,6,8,18H2,1H3. The van der Waals surface area contributed by atoms with Gasteiger partial charge >= 0.3 is 6.18 Å². The number of nitrogens with one attached hydrogen (secondary N) is 1. The summed E-state index contributed by atoms with van der Waals surface area (Å²) in [5.41, 5.74) is 4.79. The molecule has 1 rings (SSSR count). The minimum atomic E-state index is -4.41. The number of benzene rings is 1. The zero-order valence-electron chi connectivity index (χ0n) is 11.1. The number of ether oxygens (including phenoxy) is 1. The number of alkyl halides is 3. The van der Waals surface area contributed by atoms with Crippen LogP contribution in [0.5, 0.6) is 0 Å². The molecule has 3 nitrogen and oxygen atoms in total. The number of rotatable bonds is 7. The van der Waals surface area contributed by atoms with Crippen molar-refractivity contribution < 1.29 is 17.9 Å². The molecule has 0 saturated carbocycles. The topological polar surface area (TPSA) is 47.3 Å². The summed E-state index contributed by atoms with van der Waals surface area (Å²) in [5, 5.41) is 2.90. The lowest BCUT2D eigenvalue weighted by atomic mass is 10.1. The van der Waals surface area contributed by atoms with E-state index >= 15 is 0 Å². The minimum Gasteiger partial charge on any atom is -0.383 e. The van der Waals surface area contributed by atoms with Crippen LogP contribution in [0.1, 0.15) is 18.4 Å². The molecule has 0 bridgehead atoms. The molecule has 114 valence electrons. The van der Waals surface area contributed by atoms with E-state index < -0.39 is 11.7 Å². The van der Waals surface area contributed by atoms with E-state index in [1.165, 1.54) is 13.2 Å². The van der Waals surface area contributed by atoms with E-state index in [1.54, 1.807) is 6.07 Å². The Kier molecular flexibility index (Phi) is 6.78. The number of hydrogen-bond acceptors (Lipinski definition) is 3. The fourth-order valence-electron chi connectivity index (χ4n) is 1.86. The molecule has 0 amide bonds. The van der Waals surface area contributed by atoms with Crippen molar-refractivity contribution in [2.24, 2.45) is 5.73 Å². The molecule has 1 atom stereocenters. The molecule has 0 radical (unpaired) electrons. The summed E-state index contributed by atoms with van der Waals surface area (Å²) in [6, 6.07) is 3.85. The average Bonchev–Trinajstić information content (AvgIpc) is 2.37. The molecule has 0 aliphatic rings. The first-order valence-electron chi connectivity index (χ1n) is 6.20. The molecule has 0 spiro atoms. The summed E-state index contributed by atoms with van der Waals surface area (Å²) in [6.07, 6.45) is -3.03. The molecule has 0 fully saturated rings. The number of methoxy groups -OCH3 is 1. The molecule has 0 aliphatic carbocycles. The Morgan fingerprint density at radius 3 is 2.65 bits per heavy atom. The summed E-state index contributed by atoms with van der Waals surface area (Å²) < 4.78 is 44.4. The maximum atomic E-state index is 13.0. The molecule has 1 unspecified atom stereocenters. The number of hydrogen-bond donors (Lipinski definition) is 2. The summed E-state index contributed by atoms with van der Waals surface area (Å²) >= 11 is 3.06. The summed E-state index contributed by atoms with van der Waals surface area (Å²) in [7, 11) is 1.52. The molecular weight excluding hydrogens is 337 g/mol. The zero-order valence-corrected chi connectivity index (χ0v) is 12.7. The SMILES string of the molecule is COCC(CCCN)Nc1ccc(Br)cc1C(F)(F)F. The van der Waals surface area contributed by atoms with Crippen LogP contribution in [-0.2, 0) is 10.9 Å². The van der Waals surface area contributed by atoms with Crippen LogP contribution >= 0.6 is 15.9 Å². The zero-order chi connectivity index (χ0) is 15.2. The highest BCUT2D eigenvalue weighted by atomic mass is 79.9.